The molecule has 0 fully saturated rings. The smallest absolute Gasteiger partial charge is 0.348 e. The highest BCUT2D eigenvalue weighted by Crippen LogP contribution is 2.27. The van der Waals surface area contributed by atoms with E-state index in [1.807, 2.05) is 48.5 Å². The number of allylic oxidation sites excluding steroid dienone is 2. The number of esters is 2. The summed E-state index contributed by atoms with van der Waals surface area (Å²) in [5.74, 6) is -0.00336. The van der Waals surface area contributed by atoms with Gasteiger partial charge in [-0.25, -0.2) is 9.59 Å². The van der Waals surface area contributed by atoms with Gasteiger partial charge in [0.1, 0.15) is 11.5 Å². The Hall–Kier alpha value is -4.64. The molecule has 0 amide bonds. The van der Waals surface area contributed by atoms with Gasteiger partial charge < -0.3 is 14.2 Å². The van der Waals surface area contributed by atoms with Gasteiger partial charge in [-0.2, -0.15) is 0 Å². The Morgan fingerprint density at radius 3 is 1.68 bits per heavy atom. The fourth-order valence-electron chi connectivity index (χ4n) is 3.01. The number of carbonyl (C=O) groups is 2. The van der Waals surface area contributed by atoms with Crippen molar-refractivity contribution in [2.75, 3.05) is 6.61 Å². The first kappa shape index (κ1) is 24.0. The van der Waals surface area contributed by atoms with Gasteiger partial charge in [-0.3, -0.25) is 0 Å². The Labute approximate surface area is 198 Å². The lowest BCUT2D eigenvalue weighted by atomic mass is 10.0. The van der Waals surface area contributed by atoms with E-state index in [0.29, 0.717) is 11.5 Å². The van der Waals surface area contributed by atoms with E-state index >= 15 is 0 Å². The highest BCUT2D eigenvalue weighted by molar-refractivity contribution is 5.92. The second-order valence-electron chi connectivity index (χ2n) is 7.08. The molecule has 0 bridgehead atoms. The molecule has 34 heavy (non-hydrogen) atoms. The van der Waals surface area contributed by atoms with Crippen LogP contribution in [0.1, 0.15) is 0 Å². The predicted molar refractivity (Wildman–Crippen MR) is 133 cm³/mol. The van der Waals surface area contributed by atoms with E-state index in [1.54, 1.807) is 42.5 Å². The molecule has 0 radical (unpaired) electrons. The van der Waals surface area contributed by atoms with Gasteiger partial charge in [-0.15, -0.1) is 0 Å². The maximum absolute atomic E-state index is 12.0. The molecule has 0 saturated carbocycles. The zero-order chi connectivity index (χ0) is 24.3. The van der Waals surface area contributed by atoms with E-state index in [9.17, 15) is 9.59 Å². The Kier molecular flexibility index (Phi) is 8.36. The number of ether oxygens (including phenoxy) is 3. The van der Waals surface area contributed by atoms with Crippen molar-refractivity contribution in [2.45, 2.75) is 0 Å². The van der Waals surface area contributed by atoms with Crippen molar-refractivity contribution in [1.82, 2.24) is 0 Å². The SMILES string of the molecule is C=C/C=C\C(=C)C(=O)Oc1ccc(-c2ccc(-c3ccc(OCC(=O)OC=C)cc3)cc2)cc1. The number of hydrogen-bond donors (Lipinski definition) is 0. The van der Waals surface area contributed by atoms with Crippen LogP contribution in [-0.4, -0.2) is 18.5 Å². The zero-order valence-electron chi connectivity index (χ0n) is 18.6. The van der Waals surface area contributed by atoms with Gasteiger partial charge in [-0.1, -0.05) is 80.4 Å². The van der Waals surface area contributed by atoms with Crippen LogP contribution in [0.15, 0.2) is 123 Å². The fraction of sp³-hybridized carbons (Fsp3) is 0.0345. The van der Waals surface area contributed by atoms with Gasteiger partial charge in [0.05, 0.1) is 11.8 Å². The zero-order valence-corrected chi connectivity index (χ0v) is 18.6. The van der Waals surface area contributed by atoms with Gasteiger partial charge in [0.15, 0.2) is 6.61 Å². The molecule has 0 aliphatic heterocycles. The van der Waals surface area contributed by atoms with Gasteiger partial charge in [0.25, 0.3) is 0 Å². The number of rotatable bonds is 10. The molecule has 0 unspecified atom stereocenters. The molecule has 3 aromatic carbocycles. The van der Waals surface area contributed by atoms with Crippen molar-refractivity contribution in [2.24, 2.45) is 0 Å². The summed E-state index contributed by atoms with van der Waals surface area (Å²) in [5, 5.41) is 0. The summed E-state index contributed by atoms with van der Waals surface area (Å²) in [6.07, 6.45) is 5.81. The second-order valence-corrected chi connectivity index (χ2v) is 7.08. The van der Waals surface area contributed by atoms with Crippen LogP contribution in [0.25, 0.3) is 22.3 Å². The Morgan fingerprint density at radius 2 is 1.21 bits per heavy atom. The average molecular weight is 453 g/mol. The van der Waals surface area contributed by atoms with Crippen LogP contribution in [0.4, 0.5) is 0 Å². The van der Waals surface area contributed by atoms with Crippen molar-refractivity contribution in [3.63, 3.8) is 0 Å². The lowest BCUT2D eigenvalue weighted by Crippen LogP contribution is -2.11. The van der Waals surface area contributed by atoms with Gasteiger partial charge in [0.2, 0.25) is 0 Å². The fourth-order valence-corrected chi connectivity index (χ4v) is 3.01. The van der Waals surface area contributed by atoms with Crippen LogP contribution in [-0.2, 0) is 14.3 Å². The normalized spacial score (nSPS) is 10.4. The molecule has 5 heteroatoms. The number of hydrogen-bond acceptors (Lipinski definition) is 5. The molecule has 0 aliphatic rings. The Bertz CT molecular complexity index is 1200. The van der Waals surface area contributed by atoms with E-state index in [1.165, 1.54) is 0 Å². The summed E-state index contributed by atoms with van der Waals surface area (Å²) in [6.45, 7) is 10.4. The second kappa shape index (κ2) is 11.8. The molecule has 0 N–H and O–H groups in total. The van der Waals surface area contributed by atoms with Crippen LogP contribution in [0.2, 0.25) is 0 Å². The van der Waals surface area contributed by atoms with Crippen molar-refractivity contribution in [3.05, 3.63) is 123 Å². The van der Waals surface area contributed by atoms with Crippen LogP contribution in [0.3, 0.4) is 0 Å². The molecule has 170 valence electrons. The molecule has 5 nitrogen and oxygen atoms in total. The summed E-state index contributed by atoms with van der Waals surface area (Å²) in [4.78, 5) is 23.4. The highest BCUT2D eigenvalue weighted by Gasteiger charge is 2.08. The van der Waals surface area contributed by atoms with Gasteiger partial charge >= 0.3 is 11.9 Å². The summed E-state index contributed by atoms with van der Waals surface area (Å²) in [7, 11) is 0. The molecule has 0 spiro atoms. The standard InChI is InChI=1S/C29H24O5/c1-4-6-7-21(3)29(31)34-27-18-14-25(15-19-27)23-10-8-22(9-11-23)24-12-16-26(17-13-24)33-20-28(30)32-5-2/h4-19H,1-3,20H2/b7-6-. The minimum atomic E-state index is -0.511. The third-order valence-electron chi connectivity index (χ3n) is 4.74. The quantitative estimate of drug-likeness (QED) is 0.119. The number of benzene rings is 3. The van der Waals surface area contributed by atoms with Gasteiger partial charge in [-0.05, 0) is 52.6 Å². The first-order valence-electron chi connectivity index (χ1n) is 10.4. The molecular weight excluding hydrogens is 428 g/mol. The third kappa shape index (κ3) is 6.68. The summed E-state index contributed by atoms with van der Waals surface area (Å²) < 4.78 is 15.3. The first-order valence-corrected chi connectivity index (χ1v) is 10.4. The topological polar surface area (TPSA) is 61.8 Å². The Morgan fingerprint density at radius 1 is 0.735 bits per heavy atom. The lowest BCUT2D eigenvalue weighted by Gasteiger charge is -2.08. The predicted octanol–water partition coefficient (Wildman–Crippen LogP) is 6.29. The molecule has 0 saturated heterocycles. The minimum absolute atomic E-state index is 0.181. The van der Waals surface area contributed by atoms with Crippen molar-refractivity contribution in [1.29, 1.82) is 0 Å². The van der Waals surface area contributed by atoms with E-state index in [2.05, 4.69) is 24.5 Å². The summed E-state index contributed by atoms with van der Waals surface area (Å²) in [5.41, 5.74) is 4.32. The Balaban J connectivity index is 1.62. The van der Waals surface area contributed by atoms with E-state index < -0.39 is 11.9 Å². The van der Waals surface area contributed by atoms with E-state index in [4.69, 9.17) is 9.47 Å². The maximum atomic E-state index is 12.0. The summed E-state index contributed by atoms with van der Waals surface area (Å²) >= 11 is 0. The molecule has 3 aromatic rings. The molecule has 3 rings (SSSR count). The third-order valence-corrected chi connectivity index (χ3v) is 4.74. The molecule has 0 aliphatic carbocycles. The monoisotopic (exact) mass is 452 g/mol. The van der Waals surface area contributed by atoms with Crippen molar-refractivity contribution >= 4 is 11.9 Å². The minimum Gasteiger partial charge on any atom is -0.482 e. The van der Waals surface area contributed by atoms with Gasteiger partial charge in [0, 0.05) is 0 Å². The molecule has 0 aromatic heterocycles. The van der Waals surface area contributed by atoms with Crippen LogP contribution in [0, 0.1) is 0 Å². The maximum Gasteiger partial charge on any atom is 0.348 e. The average Bonchev–Trinajstić information content (AvgIpc) is 2.87. The largest absolute Gasteiger partial charge is 0.482 e. The lowest BCUT2D eigenvalue weighted by molar-refractivity contribution is -0.140. The number of carbonyl (C=O) groups excluding carboxylic acids is 2. The van der Waals surface area contributed by atoms with Crippen LogP contribution >= 0.6 is 0 Å². The molecule has 0 atom stereocenters. The molecule has 0 heterocycles. The van der Waals surface area contributed by atoms with Crippen molar-refractivity contribution < 1.29 is 23.8 Å². The first-order chi connectivity index (χ1) is 16.5. The summed E-state index contributed by atoms with van der Waals surface area (Å²) in [6, 6.07) is 22.8. The van der Waals surface area contributed by atoms with E-state index in [0.717, 1.165) is 28.5 Å². The van der Waals surface area contributed by atoms with Crippen LogP contribution < -0.4 is 9.47 Å². The van der Waals surface area contributed by atoms with Crippen LogP contribution in [0.5, 0.6) is 11.5 Å². The molecular formula is C29H24O5. The van der Waals surface area contributed by atoms with E-state index in [-0.39, 0.29) is 12.2 Å². The van der Waals surface area contributed by atoms with Crippen molar-refractivity contribution in [3.8, 4) is 33.8 Å². The highest BCUT2D eigenvalue weighted by atomic mass is 16.6.